The highest BCUT2D eigenvalue weighted by atomic mass is 32.2. The Hall–Kier alpha value is -3.96. The summed E-state index contributed by atoms with van der Waals surface area (Å²) in [5, 5.41) is 4.00. The molecule has 2 aromatic heterocycles. The van der Waals surface area contributed by atoms with Crippen LogP contribution in [0.15, 0.2) is 65.8 Å². The van der Waals surface area contributed by atoms with Gasteiger partial charge in [-0.15, -0.1) is 0 Å². The first kappa shape index (κ1) is 28.6. The fraction of sp³-hybridized carbons (Fsp3) is 0.367. The number of likely N-dealkylation sites (N-methyl/N-ethyl adjacent to an activating group) is 1. The third kappa shape index (κ3) is 6.36. The van der Waals surface area contributed by atoms with Gasteiger partial charge in [-0.2, -0.15) is 10.1 Å². The summed E-state index contributed by atoms with van der Waals surface area (Å²) in [7, 11) is -0.200. The van der Waals surface area contributed by atoms with Gasteiger partial charge in [-0.05, 0) is 37.1 Å². The highest BCUT2D eigenvalue weighted by Crippen LogP contribution is 2.41. The molecule has 3 heterocycles. The van der Waals surface area contributed by atoms with Gasteiger partial charge in [-0.1, -0.05) is 51.1 Å². The summed E-state index contributed by atoms with van der Waals surface area (Å²) < 4.78 is 37.0. The largest absolute Gasteiger partial charge is 0.438 e. The Morgan fingerprint density at radius 3 is 2.34 bits per heavy atom. The van der Waals surface area contributed by atoms with Crippen molar-refractivity contribution in [1.29, 1.82) is 0 Å². The van der Waals surface area contributed by atoms with Crippen molar-refractivity contribution in [3.8, 4) is 22.9 Å². The second kappa shape index (κ2) is 11.1. The molecule has 0 aliphatic carbocycles. The summed E-state index contributed by atoms with van der Waals surface area (Å²) in [4.78, 5) is 14.1. The Bertz CT molecular complexity index is 1650. The number of rotatable bonds is 7. The maximum atomic E-state index is 13.2. The quantitative estimate of drug-likeness (QED) is 0.334. The molecule has 1 N–H and O–H groups in total. The highest BCUT2D eigenvalue weighted by molar-refractivity contribution is 7.92. The van der Waals surface area contributed by atoms with Crippen LogP contribution >= 0.6 is 0 Å². The maximum Gasteiger partial charge on any atom is 0.267 e. The molecule has 2 aromatic carbocycles. The average Bonchev–Trinajstić information content (AvgIpc) is 3.36. The molecule has 0 saturated carbocycles. The molecule has 1 saturated heterocycles. The Kier molecular flexibility index (Phi) is 7.76. The van der Waals surface area contributed by atoms with Crippen LogP contribution in [-0.2, 0) is 22.5 Å². The van der Waals surface area contributed by atoms with Gasteiger partial charge in [0.1, 0.15) is 10.6 Å². The number of sulfonamides is 1. The first-order valence-corrected chi connectivity index (χ1v) is 15.1. The van der Waals surface area contributed by atoms with Crippen LogP contribution in [-0.4, -0.2) is 66.3 Å². The number of nitrogens with one attached hydrogen (secondary N) is 1. The van der Waals surface area contributed by atoms with E-state index < -0.39 is 15.4 Å². The molecule has 0 amide bonds. The van der Waals surface area contributed by atoms with E-state index in [4.69, 9.17) is 9.72 Å². The molecule has 0 atom stereocenters. The average molecular weight is 576 g/mol. The zero-order valence-corrected chi connectivity index (χ0v) is 25.2. The number of ether oxygens (including phenoxy) is 1. The van der Waals surface area contributed by atoms with E-state index in [0.29, 0.717) is 17.3 Å². The molecule has 10 nitrogen and oxygen atoms in total. The van der Waals surface area contributed by atoms with Gasteiger partial charge in [0, 0.05) is 62.3 Å². The lowest BCUT2D eigenvalue weighted by molar-refractivity contribution is 0.312. The fourth-order valence-electron chi connectivity index (χ4n) is 4.91. The molecule has 5 rings (SSSR count). The number of hydrogen-bond donors (Lipinski definition) is 1. The molecule has 41 heavy (non-hydrogen) atoms. The van der Waals surface area contributed by atoms with Gasteiger partial charge in [0.15, 0.2) is 0 Å². The summed E-state index contributed by atoms with van der Waals surface area (Å²) >= 11 is 0. The summed E-state index contributed by atoms with van der Waals surface area (Å²) in [5.74, 6) is 0.831. The number of anilines is 2. The summed E-state index contributed by atoms with van der Waals surface area (Å²) in [6.45, 7) is 12.1. The second-order valence-corrected chi connectivity index (χ2v) is 13.2. The number of hydrogen-bond acceptors (Lipinski definition) is 8. The van der Waals surface area contributed by atoms with Gasteiger partial charge in [-0.3, -0.25) is 4.68 Å². The predicted molar refractivity (Wildman–Crippen MR) is 161 cm³/mol. The zero-order chi connectivity index (χ0) is 29.4. The molecule has 4 aromatic rings. The Morgan fingerprint density at radius 2 is 1.68 bits per heavy atom. The normalized spacial score (nSPS) is 14.7. The van der Waals surface area contributed by atoms with Crippen LogP contribution in [0.1, 0.15) is 31.9 Å². The van der Waals surface area contributed by atoms with Crippen LogP contribution in [0.2, 0.25) is 0 Å². The van der Waals surface area contributed by atoms with Gasteiger partial charge in [0.05, 0.1) is 11.9 Å². The number of nitrogens with zero attached hydrogens (tertiary/aromatic N) is 6. The minimum atomic E-state index is -3.99. The van der Waals surface area contributed by atoms with Crippen molar-refractivity contribution in [3.63, 3.8) is 0 Å². The monoisotopic (exact) mass is 575 g/mol. The van der Waals surface area contributed by atoms with Gasteiger partial charge in [0.2, 0.25) is 11.8 Å². The molecule has 11 heteroatoms. The molecule has 216 valence electrons. The maximum absolute atomic E-state index is 13.2. The van der Waals surface area contributed by atoms with E-state index in [1.807, 2.05) is 49.4 Å². The van der Waals surface area contributed by atoms with Gasteiger partial charge < -0.3 is 14.5 Å². The first-order chi connectivity index (χ1) is 19.4. The third-order valence-corrected chi connectivity index (χ3v) is 8.43. The van der Waals surface area contributed by atoms with Gasteiger partial charge in [-0.25, -0.2) is 18.1 Å². The molecule has 1 aliphatic heterocycles. The van der Waals surface area contributed by atoms with Crippen LogP contribution in [0.3, 0.4) is 0 Å². The SMILES string of the molecule is Cc1ccccc1-c1nc(NS(=O)(=O)c2cnn(C)c2)nc(Oc2cccc(N3CCN(C)CC3)c2)c1C(C)(C)C. The van der Waals surface area contributed by atoms with Crippen LogP contribution < -0.4 is 14.4 Å². The first-order valence-electron chi connectivity index (χ1n) is 13.6. The number of benzene rings is 2. The van der Waals surface area contributed by atoms with Crippen molar-refractivity contribution in [2.45, 2.75) is 38.0 Å². The molecule has 1 fully saturated rings. The number of piperazine rings is 1. The van der Waals surface area contributed by atoms with Crippen molar-refractivity contribution in [1.82, 2.24) is 24.6 Å². The minimum absolute atomic E-state index is 0.0169. The lowest BCUT2D eigenvalue weighted by atomic mass is 9.84. The highest BCUT2D eigenvalue weighted by Gasteiger charge is 2.30. The summed E-state index contributed by atoms with van der Waals surface area (Å²) in [6.07, 6.45) is 2.71. The van der Waals surface area contributed by atoms with E-state index in [2.05, 4.69) is 58.5 Å². The number of aryl methyl sites for hydroxylation is 2. The van der Waals surface area contributed by atoms with Crippen molar-refractivity contribution < 1.29 is 13.2 Å². The van der Waals surface area contributed by atoms with Crippen molar-refractivity contribution in [2.24, 2.45) is 7.05 Å². The molecule has 0 spiro atoms. The van der Waals surface area contributed by atoms with Crippen LogP contribution in [0.4, 0.5) is 11.6 Å². The van der Waals surface area contributed by atoms with Crippen molar-refractivity contribution in [3.05, 3.63) is 72.1 Å². The second-order valence-electron chi connectivity index (χ2n) is 11.5. The van der Waals surface area contributed by atoms with E-state index in [0.717, 1.165) is 48.6 Å². The molecule has 0 unspecified atom stereocenters. The zero-order valence-electron chi connectivity index (χ0n) is 24.4. The fourth-order valence-corrected chi connectivity index (χ4v) is 5.83. The van der Waals surface area contributed by atoms with E-state index >= 15 is 0 Å². The van der Waals surface area contributed by atoms with E-state index in [1.165, 1.54) is 17.1 Å². The number of aromatic nitrogens is 4. The van der Waals surface area contributed by atoms with Crippen LogP contribution in [0.25, 0.3) is 11.3 Å². The minimum Gasteiger partial charge on any atom is -0.438 e. The molecular weight excluding hydrogens is 538 g/mol. The van der Waals surface area contributed by atoms with Gasteiger partial charge >= 0.3 is 0 Å². The van der Waals surface area contributed by atoms with Crippen molar-refractivity contribution in [2.75, 3.05) is 42.8 Å². The lowest BCUT2D eigenvalue weighted by Crippen LogP contribution is -2.44. The standard InChI is InChI=1S/C30H37N7O3S/c1-21-10-7-8-13-25(21)27-26(30(2,3)4)28(33-29(32-27)34-41(38,39)24-19-31-36(6)20-24)40-23-12-9-11-22(18-23)37-16-14-35(5)15-17-37/h7-13,18-20H,14-17H2,1-6H3,(H,32,33,34). The van der Waals surface area contributed by atoms with E-state index in [9.17, 15) is 8.42 Å². The van der Waals surface area contributed by atoms with Crippen molar-refractivity contribution >= 4 is 21.7 Å². The lowest BCUT2D eigenvalue weighted by Gasteiger charge is -2.34. The van der Waals surface area contributed by atoms with Crippen LogP contribution in [0, 0.1) is 6.92 Å². The predicted octanol–water partition coefficient (Wildman–Crippen LogP) is 4.83. The third-order valence-electron chi connectivity index (χ3n) is 7.14. The topological polar surface area (TPSA) is 105 Å². The Balaban J connectivity index is 1.62. The molecule has 0 bridgehead atoms. The Labute approximate surface area is 242 Å². The molecule has 1 aliphatic rings. The summed E-state index contributed by atoms with van der Waals surface area (Å²) in [5.41, 5.74) is 3.90. The van der Waals surface area contributed by atoms with E-state index in [1.54, 1.807) is 7.05 Å². The Morgan fingerprint density at radius 1 is 0.951 bits per heavy atom. The van der Waals surface area contributed by atoms with Crippen LogP contribution in [0.5, 0.6) is 11.6 Å². The summed E-state index contributed by atoms with van der Waals surface area (Å²) in [6, 6.07) is 15.8. The molecule has 0 radical (unpaired) electrons. The smallest absolute Gasteiger partial charge is 0.267 e. The van der Waals surface area contributed by atoms with Gasteiger partial charge in [0.25, 0.3) is 10.0 Å². The molecular formula is C30H37N7O3S. The van der Waals surface area contributed by atoms with E-state index in [-0.39, 0.29) is 10.8 Å².